The third-order valence-corrected chi connectivity index (χ3v) is 5.16. The van der Waals surface area contributed by atoms with Crippen LogP contribution in [0.5, 0.6) is 11.5 Å². The van der Waals surface area contributed by atoms with E-state index in [1.165, 1.54) is 0 Å². The standard InChI is InChI=1S/C26H23NO5/c1-26(15-29-16-26)17-30-18-31-23-10-8-22(9-11-23)25(28)32-24-12-6-21(7-13-24)20-4-2-19(14-27)3-5-20/h2-13H,15-18H2,1H3. The van der Waals surface area contributed by atoms with Gasteiger partial charge in [-0.15, -0.1) is 0 Å². The molecule has 0 unspecified atom stereocenters. The van der Waals surface area contributed by atoms with E-state index in [0.29, 0.717) is 42.4 Å². The number of rotatable bonds is 8. The Morgan fingerprint density at radius 2 is 1.53 bits per heavy atom. The number of nitriles is 1. The first-order chi connectivity index (χ1) is 15.5. The van der Waals surface area contributed by atoms with Crippen molar-refractivity contribution in [2.75, 3.05) is 26.6 Å². The summed E-state index contributed by atoms with van der Waals surface area (Å²) in [5, 5.41) is 8.90. The Hall–Kier alpha value is -3.66. The summed E-state index contributed by atoms with van der Waals surface area (Å²) in [5.74, 6) is 0.620. The smallest absolute Gasteiger partial charge is 0.343 e. The topological polar surface area (TPSA) is 77.8 Å². The van der Waals surface area contributed by atoms with Crippen molar-refractivity contribution in [1.29, 1.82) is 5.26 Å². The van der Waals surface area contributed by atoms with Gasteiger partial charge in [-0.05, 0) is 59.7 Å². The summed E-state index contributed by atoms with van der Waals surface area (Å²) in [6.45, 7) is 4.26. The maximum atomic E-state index is 12.4. The second kappa shape index (κ2) is 9.65. The van der Waals surface area contributed by atoms with Crippen LogP contribution in [0.15, 0.2) is 72.8 Å². The fraction of sp³-hybridized carbons (Fsp3) is 0.231. The van der Waals surface area contributed by atoms with Crippen molar-refractivity contribution in [3.8, 4) is 28.7 Å². The Bertz CT molecular complexity index is 1090. The molecule has 0 atom stereocenters. The molecule has 1 heterocycles. The Balaban J connectivity index is 1.28. The van der Waals surface area contributed by atoms with E-state index in [1.54, 1.807) is 48.5 Å². The maximum absolute atomic E-state index is 12.4. The lowest BCUT2D eigenvalue weighted by atomic mass is 9.90. The Morgan fingerprint density at radius 3 is 2.09 bits per heavy atom. The van der Waals surface area contributed by atoms with Crippen LogP contribution in [0.3, 0.4) is 0 Å². The van der Waals surface area contributed by atoms with Crippen LogP contribution >= 0.6 is 0 Å². The lowest BCUT2D eigenvalue weighted by molar-refractivity contribution is -0.151. The molecule has 0 saturated carbocycles. The molecule has 1 saturated heterocycles. The van der Waals surface area contributed by atoms with Crippen molar-refractivity contribution < 1.29 is 23.7 Å². The fourth-order valence-electron chi connectivity index (χ4n) is 3.24. The molecule has 4 rings (SSSR count). The predicted molar refractivity (Wildman–Crippen MR) is 118 cm³/mol. The molecule has 0 amide bonds. The lowest BCUT2D eigenvalue weighted by Crippen LogP contribution is -2.43. The average molecular weight is 429 g/mol. The molecule has 0 spiro atoms. The van der Waals surface area contributed by atoms with Crippen LogP contribution in [-0.2, 0) is 9.47 Å². The summed E-state index contributed by atoms with van der Waals surface area (Å²) >= 11 is 0. The van der Waals surface area contributed by atoms with Crippen LogP contribution in [0.2, 0.25) is 0 Å². The summed E-state index contributed by atoms with van der Waals surface area (Å²) in [6.07, 6.45) is 0. The molecular weight excluding hydrogens is 406 g/mol. The summed E-state index contributed by atoms with van der Waals surface area (Å²) in [6, 6.07) is 23.4. The average Bonchev–Trinajstić information content (AvgIpc) is 2.81. The van der Waals surface area contributed by atoms with E-state index in [4.69, 9.17) is 24.2 Å². The molecule has 0 bridgehead atoms. The number of hydrogen-bond acceptors (Lipinski definition) is 6. The van der Waals surface area contributed by atoms with Crippen molar-refractivity contribution in [1.82, 2.24) is 0 Å². The molecule has 1 fully saturated rings. The second-order valence-corrected chi connectivity index (χ2v) is 8.04. The van der Waals surface area contributed by atoms with Crippen LogP contribution < -0.4 is 9.47 Å². The third kappa shape index (κ3) is 5.33. The zero-order valence-corrected chi connectivity index (χ0v) is 17.7. The largest absolute Gasteiger partial charge is 0.468 e. The van der Waals surface area contributed by atoms with E-state index in [9.17, 15) is 4.79 Å². The minimum atomic E-state index is -0.447. The molecule has 3 aromatic rings. The monoisotopic (exact) mass is 429 g/mol. The first kappa shape index (κ1) is 21.6. The van der Waals surface area contributed by atoms with Gasteiger partial charge in [0.2, 0.25) is 0 Å². The predicted octanol–water partition coefficient (Wildman–Crippen LogP) is 4.83. The number of ether oxygens (including phenoxy) is 4. The highest BCUT2D eigenvalue weighted by molar-refractivity contribution is 5.91. The summed E-state index contributed by atoms with van der Waals surface area (Å²) < 4.78 is 21.8. The van der Waals surface area contributed by atoms with Crippen LogP contribution in [0.4, 0.5) is 0 Å². The van der Waals surface area contributed by atoms with Gasteiger partial charge in [-0.1, -0.05) is 31.2 Å². The normalized spacial score (nSPS) is 14.1. The maximum Gasteiger partial charge on any atom is 0.343 e. The number of nitrogens with zero attached hydrogens (tertiary/aromatic N) is 1. The quantitative estimate of drug-likeness (QED) is 0.221. The molecular formula is C26H23NO5. The Morgan fingerprint density at radius 1 is 0.938 bits per heavy atom. The van der Waals surface area contributed by atoms with Crippen LogP contribution in [0.25, 0.3) is 11.1 Å². The van der Waals surface area contributed by atoms with Crippen LogP contribution in [0.1, 0.15) is 22.8 Å². The van der Waals surface area contributed by atoms with Gasteiger partial charge >= 0.3 is 5.97 Å². The number of esters is 1. The number of benzene rings is 3. The number of carbonyl (C=O) groups is 1. The van der Waals surface area contributed by atoms with E-state index in [2.05, 4.69) is 13.0 Å². The van der Waals surface area contributed by atoms with Gasteiger partial charge in [0.15, 0.2) is 6.79 Å². The molecule has 3 aromatic carbocycles. The molecule has 32 heavy (non-hydrogen) atoms. The van der Waals surface area contributed by atoms with Crippen molar-refractivity contribution >= 4 is 5.97 Å². The van der Waals surface area contributed by atoms with Crippen molar-refractivity contribution in [2.24, 2.45) is 5.41 Å². The Labute approximate surface area is 186 Å². The fourth-order valence-corrected chi connectivity index (χ4v) is 3.24. The second-order valence-electron chi connectivity index (χ2n) is 8.04. The highest BCUT2D eigenvalue weighted by Gasteiger charge is 2.33. The zero-order valence-electron chi connectivity index (χ0n) is 17.7. The summed E-state index contributed by atoms with van der Waals surface area (Å²) in [4.78, 5) is 12.4. The Kier molecular flexibility index (Phi) is 6.50. The minimum Gasteiger partial charge on any atom is -0.468 e. The molecule has 1 aliphatic heterocycles. The molecule has 0 N–H and O–H groups in total. The first-order valence-corrected chi connectivity index (χ1v) is 10.3. The summed E-state index contributed by atoms with van der Waals surface area (Å²) in [5.41, 5.74) is 3.07. The van der Waals surface area contributed by atoms with Gasteiger partial charge in [-0.25, -0.2) is 4.79 Å². The zero-order chi connectivity index (χ0) is 22.4. The van der Waals surface area contributed by atoms with Crippen molar-refractivity contribution in [3.63, 3.8) is 0 Å². The molecule has 6 nitrogen and oxygen atoms in total. The van der Waals surface area contributed by atoms with Gasteiger partial charge in [-0.3, -0.25) is 0 Å². The van der Waals surface area contributed by atoms with Gasteiger partial charge in [0.05, 0.1) is 37.0 Å². The first-order valence-electron chi connectivity index (χ1n) is 10.3. The molecule has 1 aliphatic rings. The number of carbonyl (C=O) groups excluding carboxylic acids is 1. The third-order valence-electron chi connectivity index (χ3n) is 5.16. The van der Waals surface area contributed by atoms with Crippen LogP contribution in [0, 0.1) is 16.7 Å². The molecule has 6 heteroatoms. The lowest BCUT2D eigenvalue weighted by Gasteiger charge is -2.37. The molecule has 0 aliphatic carbocycles. The van der Waals surface area contributed by atoms with Gasteiger partial charge in [0.25, 0.3) is 0 Å². The van der Waals surface area contributed by atoms with E-state index in [1.807, 2.05) is 24.3 Å². The van der Waals surface area contributed by atoms with Gasteiger partial charge in [-0.2, -0.15) is 5.26 Å². The molecule has 162 valence electrons. The number of hydrogen-bond donors (Lipinski definition) is 0. The van der Waals surface area contributed by atoms with E-state index >= 15 is 0 Å². The van der Waals surface area contributed by atoms with E-state index in [-0.39, 0.29) is 12.2 Å². The highest BCUT2D eigenvalue weighted by atomic mass is 16.7. The van der Waals surface area contributed by atoms with Gasteiger partial charge in [0, 0.05) is 5.41 Å². The highest BCUT2D eigenvalue weighted by Crippen LogP contribution is 2.27. The molecule has 0 radical (unpaired) electrons. The van der Waals surface area contributed by atoms with Crippen LogP contribution in [-0.4, -0.2) is 32.6 Å². The van der Waals surface area contributed by atoms with Crippen molar-refractivity contribution in [3.05, 3.63) is 83.9 Å². The van der Waals surface area contributed by atoms with E-state index in [0.717, 1.165) is 11.1 Å². The van der Waals surface area contributed by atoms with Crippen molar-refractivity contribution in [2.45, 2.75) is 6.92 Å². The van der Waals surface area contributed by atoms with Gasteiger partial charge in [0.1, 0.15) is 11.5 Å². The minimum absolute atomic E-state index is 0.0806. The van der Waals surface area contributed by atoms with Gasteiger partial charge < -0.3 is 18.9 Å². The van der Waals surface area contributed by atoms with E-state index < -0.39 is 5.97 Å². The molecule has 0 aromatic heterocycles. The summed E-state index contributed by atoms with van der Waals surface area (Å²) in [7, 11) is 0. The SMILES string of the molecule is CC1(COCOc2ccc(C(=O)Oc3ccc(-c4ccc(C#N)cc4)cc3)cc2)COC1.